The molecule has 2 aromatic rings. The third-order valence-electron chi connectivity index (χ3n) is 4.58. The predicted octanol–water partition coefficient (Wildman–Crippen LogP) is 5.57. The molecule has 2 N–H and O–H groups in total. The fourth-order valence-electron chi connectivity index (χ4n) is 3.23. The molecule has 10 heteroatoms. The van der Waals surface area contributed by atoms with E-state index in [9.17, 15) is 23.2 Å². The van der Waals surface area contributed by atoms with E-state index in [2.05, 4.69) is 5.32 Å². The molecule has 5 nitrogen and oxygen atoms in total. The third-order valence-corrected chi connectivity index (χ3v) is 6.21. The van der Waals surface area contributed by atoms with Gasteiger partial charge in [0, 0.05) is 12.2 Å². The van der Waals surface area contributed by atoms with E-state index in [0.717, 1.165) is 17.7 Å². The zero-order valence-corrected chi connectivity index (χ0v) is 17.8. The number of thioether (sulfide) groups is 1. The van der Waals surface area contributed by atoms with Crippen LogP contribution in [0.1, 0.15) is 25.0 Å². The van der Waals surface area contributed by atoms with Gasteiger partial charge in [-0.25, -0.2) is 4.79 Å². The van der Waals surface area contributed by atoms with Crippen LogP contribution in [0.2, 0.25) is 0 Å². The van der Waals surface area contributed by atoms with Crippen molar-refractivity contribution in [1.82, 2.24) is 9.96 Å². The average Bonchev–Trinajstić information content (AvgIpc) is 2.89. The molecular weight excluding hydrogens is 435 g/mol. The van der Waals surface area contributed by atoms with Crippen LogP contribution in [0.3, 0.4) is 0 Å². The number of alkyl halides is 3. The molecule has 1 aliphatic rings. The lowest BCUT2D eigenvalue weighted by atomic mass is 10.1. The molecule has 1 atom stereocenters. The second kappa shape index (κ2) is 8.44. The fraction of sp³-hybridized carbons (Fsp3) is 0.300. The first-order valence-corrected chi connectivity index (χ1v) is 10.2. The van der Waals surface area contributed by atoms with Crippen LogP contribution >= 0.6 is 24.0 Å². The Labute approximate surface area is 181 Å². The summed E-state index contributed by atoms with van der Waals surface area (Å²) < 4.78 is 38.6. The van der Waals surface area contributed by atoms with Crippen LogP contribution in [0, 0.1) is 0 Å². The van der Waals surface area contributed by atoms with Crippen molar-refractivity contribution in [3.05, 3.63) is 65.7 Å². The number of hydrogen-bond donors (Lipinski definition) is 2. The number of halogens is 3. The van der Waals surface area contributed by atoms with E-state index in [-0.39, 0.29) is 5.69 Å². The molecule has 0 unspecified atom stereocenters. The smallest absolute Gasteiger partial charge is 0.329 e. The largest absolute Gasteiger partial charge is 0.416 e. The molecule has 0 aliphatic carbocycles. The number of amides is 2. The molecule has 0 saturated carbocycles. The first kappa shape index (κ1) is 22.4. The Kier molecular flexibility index (Phi) is 6.30. The van der Waals surface area contributed by atoms with Crippen molar-refractivity contribution in [3.63, 3.8) is 0 Å². The maximum absolute atomic E-state index is 12.9. The second-order valence-electron chi connectivity index (χ2n) is 7.31. The van der Waals surface area contributed by atoms with E-state index < -0.39 is 28.7 Å². The second-order valence-corrected chi connectivity index (χ2v) is 9.60. The molecule has 1 fully saturated rings. The molecule has 0 radical (unpaired) electrons. The van der Waals surface area contributed by atoms with Crippen molar-refractivity contribution < 1.29 is 23.2 Å². The number of hydrogen-bond acceptors (Lipinski definition) is 4. The minimum atomic E-state index is -4.54. The lowest BCUT2D eigenvalue weighted by Crippen LogP contribution is -2.55. The summed E-state index contributed by atoms with van der Waals surface area (Å²) in [5.74, 6) is 0. The van der Waals surface area contributed by atoms with Crippen molar-refractivity contribution in [2.45, 2.75) is 37.5 Å². The quantitative estimate of drug-likeness (QED) is 0.359. The number of nitrogens with one attached hydrogen (secondary N) is 1. The maximum Gasteiger partial charge on any atom is 0.416 e. The number of benzene rings is 2. The van der Waals surface area contributed by atoms with Gasteiger partial charge in [-0.15, -0.1) is 0 Å². The Balaban J connectivity index is 1.81. The van der Waals surface area contributed by atoms with Gasteiger partial charge in [0.1, 0.15) is 10.5 Å². The van der Waals surface area contributed by atoms with Gasteiger partial charge in [-0.3, -0.25) is 5.21 Å². The summed E-state index contributed by atoms with van der Waals surface area (Å²) >= 11 is 6.80. The molecule has 1 aliphatic heterocycles. The molecule has 2 amide bonds. The molecule has 3 rings (SSSR count). The van der Waals surface area contributed by atoms with E-state index in [4.69, 9.17) is 12.2 Å². The lowest BCUT2D eigenvalue weighted by molar-refractivity contribution is -0.137. The zero-order valence-electron chi connectivity index (χ0n) is 16.2. The molecule has 0 bridgehead atoms. The highest BCUT2D eigenvalue weighted by Gasteiger charge is 2.49. The van der Waals surface area contributed by atoms with Gasteiger partial charge >= 0.3 is 12.2 Å². The number of carbonyl (C=O) groups is 1. The van der Waals surface area contributed by atoms with Gasteiger partial charge in [0.25, 0.3) is 0 Å². The number of hydroxylamine groups is 2. The van der Waals surface area contributed by atoms with Crippen LogP contribution in [-0.2, 0) is 12.7 Å². The summed E-state index contributed by atoms with van der Waals surface area (Å²) in [5.41, 5.74) is -0.0298. The molecule has 1 heterocycles. The number of carbonyl (C=O) groups excluding carboxylic acids is 1. The van der Waals surface area contributed by atoms with Crippen LogP contribution in [-0.4, -0.2) is 36.4 Å². The monoisotopic (exact) mass is 455 g/mol. The Morgan fingerprint density at radius 1 is 1.23 bits per heavy atom. The molecule has 2 aromatic carbocycles. The fourth-order valence-corrected chi connectivity index (χ4v) is 5.11. The van der Waals surface area contributed by atoms with Crippen LogP contribution in [0.25, 0.3) is 0 Å². The van der Waals surface area contributed by atoms with Crippen molar-refractivity contribution in [3.8, 4) is 0 Å². The van der Waals surface area contributed by atoms with Crippen LogP contribution in [0.5, 0.6) is 0 Å². The summed E-state index contributed by atoms with van der Waals surface area (Å²) in [6.45, 7) is 4.04. The normalized spacial score (nSPS) is 18.4. The predicted molar refractivity (Wildman–Crippen MR) is 114 cm³/mol. The van der Waals surface area contributed by atoms with Gasteiger partial charge in [0.05, 0.1) is 10.3 Å². The summed E-state index contributed by atoms with van der Waals surface area (Å²) in [5, 5.41) is 13.5. The molecule has 160 valence electrons. The Bertz CT molecular complexity index is 938. The lowest BCUT2D eigenvalue weighted by Gasteiger charge is -2.37. The Morgan fingerprint density at radius 3 is 2.53 bits per heavy atom. The van der Waals surface area contributed by atoms with Gasteiger partial charge in [-0.05, 0) is 37.6 Å². The highest BCUT2D eigenvalue weighted by atomic mass is 32.2. The number of anilines is 1. The van der Waals surface area contributed by atoms with Crippen LogP contribution in [0.15, 0.2) is 54.6 Å². The van der Waals surface area contributed by atoms with E-state index in [1.54, 1.807) is 4.90 Å². The van der Waals surface area contributed by atoms with Crippen molar-refractivity contribution >= 4 is 40.0 Å². The van der Waals surface area contributed by atoms with Crippen molar-refractivity contribution in [1.29, 1.82) is 0 Å². The van der Waals surface area contributed by atoms with Crippen molar-refractivity contribution in [2.75, 3.05) is 5.32 Å². The van der Waals surface area contributed by atoms with E-state index in [1.165, 1.54) is 23.9 Å². The van der Waals surface area contributed by atoms with E-state index >= 15 is 0 Å². The van der Waals surface area contributed by atoms with Crippen molar-refractivity contribution in [2.24, 2.45) is 0 Å². The SMILES string of the molecule is CC1(C)SC(=S)N(Cc2ccccc2)[C@@H]1N(O)C(=O)Nc1cccc(C(F)(F)F)c1. The summed E-state index contributed by atoms with van der Waals surface area (Å²) in [6.07, 6.45) is -5.36. The highest BCUT2D eigenvalue weighted by molar-refractivity contribution is 8.24. The van der Waals surface area contributed by atoms with Gasteiger partial charge < -0.3 is 10.2 Å². The molecule has 0 aromatic heterocycles. The average molecular weight is 456 g/mol. The van der Waals surface area contributed by atoms with E-state index in [1.807, 2.05) is 44.2 Å². The molecule has 1 saturated heterocycles. The van der Waals surface area contributed by atoms with E-state index in [0.29, 0.717) is 15.9 Å². The third kappa shape index (κ3) is 4.88. The standard InChI is InChI=1S/C20H20F3N3O2S2/c1-19(2)16(25(18(29)30-19)12-13-7-4-3-5-8-13)26(28)17(27)24-15-10-6-9-14(11-15)20(21,22)23/h3-11,16,28H,12H2,1-2H3,(H,24,27)/t16-/m1/s1. The molecular formula is C20H20F3N3O2S2. The summed E-state index contributed by atoms with van der Waals surface area (Å²) in [6, 6.07) is 12.7. The molecule has 30 heavy (non-hydrogen) atoms. The first-order chi connectivity index (χ1) is 14.0. The minimum absolute atomic E-state index is 0.0745. The number of thiocarbonyl (C=S) groups is 1. The van der Waals surface area contributed by atoms with Gasteiger partial charge in [-0.2, -0.15) is 18.2 Å². The van der Waals surface area contributed by atoms with Crippen LogP contribution < -0.4 is 5.32 Å². The highest BCUT2D eigenvalue weighted by Crippen LogP contribution is 2.43. The molecule has 0 spiro atoms. The topological polar surface area (TPSA) is 55.8 Å². The maximum atomic E-state index is 12.9. The number of rotatable bonds is 4. The first-order valence-electron chi connectivity index (χ1n) is 8.99. The number of nitrogens with zero attached hydrogens (tertiary/aromatic N) is 2. The summed E-state index contributed by atoms with van der Waals surface area (Å²) in [7, 11) is 0. The summed E-state index contributed by atoms with van der Waals surface area (Å²) in [4.78, 5) is 14.4. The Hall–Kier alpha value is -2.30. The van der Waals surface area contributed by atoms with Gasteiger partial charge in [0.15, 0.2) is 0 Å². The van der Waals surface area contributed by atoms with Crippen LogP contribution in [0.4, 0.5) is 23.7 Å². The minimum Gasteiger partial charge on any atom is -0.329 e. The van der Waals surface area contributed by atoms with Gasteiger partial charge in [0.2, 0.25) is 0 Å². The zero-order chi connectivity index (χ0) is 22.1. The van der Waals surface area contributed by atoms with Gasteiger partial charge in [-0.1, -0.05) is 60.4 Å². The number of urea groups is 1. The Morgan fingerprint density at radius 2 is 1.90 bits per heavy atom.